The highest BCUT2D eigenvalue weighted by molar-refractivity contribution is 6.21. The van der Waals surface area contributed by atoms with Crippen LogP contribution in [0.2, 0.25) is 0 Å². The van der Waals surface area contributed by atoms with Crippen molar-refractivity contribution in [3.05, 3.63) is 59.2 Å². The number of nitrogens with zero attached hydrogens (tertiary/aromatic N) is 1. The first-order valence-corrected chi connectivity index (χ1v) is 7.60. The molecule has 2 aromatic rings. The normalized spacial score (nSPS) is 13.2. The van der Waals surface area contributed by atoms with E-state index in [0.29, 0.717) is 29.2 Å². The topological polar surface area (TPSA) is 81.9 Å². The molecule has 124 valence electrons. The van der Waals surface area contributed by atoms with E-state index in [9.17, 15) is 9.59 Å². The lowest BCUT2D eigenvalue weighted by Gasteiger charge is -2.15. The zero-order chi connectivity index (χ0) is 17.1. The van der Waals surface area contributed by atoms with Crippen LogP contribution in [0.3, 0.4) is 0 Å². The minimum atomic E-state index is -0.282. The van der Waals surface area contributed by atoms with Crippen molar-refractivity contribution in [2.75, 3.05) is 20.3 Å². The number of hydrogen-bond donors (Lipinski definition) is 1. The smallest absolute Gasteiger partial charge is 0.261 e. The maximum absolute atomic E-state index is 12.2. The summed E-state index contributed by atoms with van der Waals surface area (Å²) in [5, 5.41) is 0. The molecule has 3 rings (SSSR count). The Labute approximate surface area is 139 Å². The number of hydrogen-bond acceptors (Lipinski definition) is 5. The van der Waals surface area contributed by atoms with Gasteiger partial charge in [-0.3, -0.25) is 14.5 Å². The van der Waals surface area contributed by atoms with E-state index in [-0.39, 0.29) is 25.0 Å². The van der Waals surface area contributed by atoms with Crippen LogP contribution in [0.25, 0.3) is 0 Å². The lowest BCUT2D eigenvalue weighted by Crippen LogP contribution is -2.33. The molecule has 2 amide bonds. The fourth-order valence-corrected chi connectivity index (χ4v) is 2.68. The van der Waals surface area contributed by atoms with E-state index in [0.717, 1.165) is 5.56 Å². The standard InChI is InChI=1S/C18H18N2O4/c1-23-16-10-13(7-6-12(16)11-19)24-9-8-20-17(21)14-4-2-3-5-15(14)18(20)22/h2-7,10H,8-9,11,19H2,1H3. The number of carbonyl (C=O) groups is 2. The first-order chi connectivity index (χ1) is 11.7. The predicted molar refractivity (Wildman–Crippen MR) is 88.2 cm³/mol. The lowest BCUT2D eigenvalue weighted by atomic mass is 10.1. The number of rotatable bonds is 6. The van der Waals surface area contributed by atoms with Crippen molar-refractivity contribution in [2.45, 2.75) is 6.54 Å². The molecule has 1 aliphatic rings. The van der Waals surface area contributed by atoms with Crippen LogP contribution in [0.15, 0.2) is 42.5 Å². The largest absolute Gasteiger partial charge is 0.496 e. The molecular weight excluding hydrogens is 308 g/mol. The molecule has 1 heterocycles. The SMILES string of the molecule is COc1cc(OCCN2C(=O)c3ccccc3C2=O)ccc1CN. The number of ether oxygens (including phenoxy) is 2. The van der Waals surface area contributed by atoms with Crippen molar-refractivity contribution in [2.24, 2.45) is 5.73 Å². The second kappa shape index (κ2) is 6.72. The molecule has 0 saturated heterocycles. The maximum Gasteiger partial charge on any atom is 0.261 e. The molecule has 0 fully saturated rings. The van der Waals surface area contributed by atoms with Gasteiger partial charge in [0.25, 0.3) is 11.8 Å². The van der Waals surface area contributed by atoms with Gasteiger partial charge in [-0.1, -0.05) is 18.2 Å². The average Bonchev–Trinajstić information content (AvgIpc) is 2.86. The second-order valence-corrected chi connectivity index (χ2v) is 5.33. The van der Waals surface area contributed by atoms with Crippen LogP contribution < -0.4 is 15.2 Å². The monoisotopic (exact) mass is 326 g/mol. The molecule has 2 aromatic carbocycles. The number of methoxy groups -OCH3 is 1. The third kappa shape index (κ3) is 2.83. The van der Waals surface area contributed by atoms with Crippen molar-refractivity contribution in [3.63, 3.8) is 0 Å². The first kappa shape index (κ1) is 16.0. The van der Waals surface area contributed by atoms with Crippen LogP contribution in [-0.4, -0.2) is 37.0 Å². The molecule has 0 atom stereocenters. The summed E-state index contributed by atoms with van der Waals surface area (Å²) in [6.45, 7) is 0.766. The third-order valence-corrected chi connectivity index (χ3v) is 3.94. The molecule has 0 bridgehead atoms. The van der Waals surface area contributed by atoms with E-state index in [2.05, 4.69) is 0 Å². The lowest BCUT2D eigenvalue weighted by molar-refractivity contribution is 0.0631. The molecular formula is C18H18N2O4. The minimum absolute atomic E-state index is 0.188. The minimum Gasteiger partial charge on any atom is -0.496 e. The molecule has 0 unspecified atom stereocenters. The Morgan fingerprint density at radius 2 is 1.71 bits per heavy atom. The van der Waals surface area contributed by atoms with Gasteiger partial charge < -0.3 is 15.2 Å². The van der Waals surface area contributed by atoms with Crippen LogP contribution in [0, 0.1) is 0 Å². The molecule has 0 aliphatic carbocycles. The molecule has 6 nitrogen and oxygen atoms in total. The second-order valence-electron chi connectivity index (χ2n) is 5.33. The summed E-state index contributed by atoms with van der Waals surface area (Å²) in [4.78, 5) is 25.7. The highest BCUT2D eigenvalue weighted by atomic mass is 16.5. The van der Waals surface area contributed by atoms with Gasteiger partial charge in [-0.05, 0) is 18.2 Å². The van der Waals surface area contributed by atoms with Crippen molar-refractivity contribution in [1.82, 2.24) is 4.90 Å². The predicted octanol–water partition coefficient (Wildman–Crippen LogP) is 1.83. The molecule has 24 heavy (non-hydrogen) atoms. The van der Waals surface area contributed by atoms with Crippen LogP contribution >= 0.6 is 0 Å². The summed E-state index contributed by atoms with van der Waals surface area (Å²) < 4.78 is 10.9. The number of fused-ring (bicyclic) bond motifs is 1. The van der Waals surface area contributed by atoms with E-state index in [1.54, 1.807) is 43.5 Å². The molecule has 0 radical (unpaired) electrons. The van der Waals surface area contributed by atoms with Crippen molar-refractivity contribution >= 4 is 11.8 Å². The highest BCUT2D eigenvalue weighted by Gasteiger charge is 2.34. The van der Waals surface area contributed by atoms with Gasteiger partial charge in [0.1, 0.15) is 18.1 Å². The van der Waals surface area contributed by atoms with E-state index >= 15 is 0 Å². The van der Waals surface area contributed by atoms with Gasteiger partial charge >= 0.3 is 0 Å². The van der Waals surface area contributed by atoms with E-state index in [1.165, 1.54) is 4.90 Å². The fourth-order valence-electron chi connectivity index (χ4n) is 2.68. The molecule has 0 aromatic heterocycles. The Morgan fingerprint density at radius 1 is 1.04 bits per heavy atom. The number of nitrogens with two attached hydrogens (primary N) is 1. The summed E-state index contributed by atoms with van der Waals surface area (Å²) in [5.74, 6) is 0.682. The Balaban J connectivity index is 1.64. The summed E-state index contributed by atoms with van der Waals surface area (Å²) >= 11 is 0. The summed E-state index contributed by atoms with van der Waals surface area (Å²) in [7, 11) is 1.57. The van der Waals surface area contributed by atoms with Gasteiger partial charge in [0, 0.05) is 18.2 Å². The Hall–Kier alpha value is -2.86. The molecule has 6 heteroatoms. The van der Waals surface area contributed by atoms with Gasteiger partial charge in [-0.15, -0.1) is 0 Å². The molecule has 2 N–H and O–H groups in total. The number of imide groups is 1. The van der Waals surface area contributed by atoms with E-state index < -0.39 is 0 Å². The number of carbonyl (C=O) groups excluding carboxylic acids is 2. The number of amides is 2. The third-order valence-electron chi connectivity index (χ3n) is 3.94. The van der Waals surface area contributed by atoms with E-state index in [1.807, 2.05) is 6.07 Å². The molecule has 0 spiro atoms. The van der Waals surface area contributed by atoms with Crippen molar-refractivity contribution in [1.29, 1.82) is 0 Å². The Kier molecular flexibility index (Phi) is 4.48. The van der Waals surface area contributed by atoms with Crippen LogP contribution in [0.5, 0.6) is 11.5 Å². The highest BCUT2D eigenvalue weighted by Crippen LogP contribution is 2.25. The summed E-state index contributed by atoms with van der Waals surface area (Å²) in [6.07, 6.45) is 0. The summed E-state index contributed by atoms with van der Waals surface area (Å²) in [5.41, 5.74) is 7.39. The average molecular weight is 326 g/mol. The van der Waals surface area contributed by atoms with Crippen LogP contribution in [0.4, 0.5) is 0 Å². The van der Waals surface area contributed by atoms with Crippen LogP contribution in [-0.2, 0) is 6.54 Å². The summed E-state index contributed by atoms with van der Waals surface area (Å²) in [6, 6.07) is 12.2. The molecule has 1 aliphatic heterocycles. The van der Waals surface area contributed by atoms with Crippen molar-refractivity contribution < 1.29 is 19.1 Å². The zero-order valence-electron chi connectivity index (χ0n) is 13.3. The van der Waals surface area contributed by atoms with Gasteiger partial charge in [0.05, 0.1) is 24.8 Å². The van der Waals surface area contributed by atoms with Gasteiger partial charge in [0.15, 0.2) is 0 Å². The Morgan fingerprint density at radius 3 is 2.29 bits per heavy atom. The Bertz CT molecular complexity index is 753. The maximum atomic E-state index is 12.2. The quantitative estimate of drug-likeness (QED) is 0.819. The van der Waals surface area contributed by atoms with Crippen molar-refractivity contribution in [3.8, 4) is 11.5 Å². The molecule has 0 saturated carbocycles. The van der Waals surface area contributed by atoms with Gasteiger partial charge in [-0.2, -0.15) is 0 Å². The zero-order valence-corrected chi connectivity index (χ0v) is 13.3. The van der Waals surface area contributed by atoms with Crippen LogP contribution in [0.1, 0.15) is 26.3 Å². The van der Waals surface area contributed by atoms with Gasteiger partial charge in [0.2, 0.25) is 0 Å². The van der Waals surface area contributed by atoms with Gasteiger partial charge in [-0.25, -0.2) is 0 Å². The fraction of sp³-hybridized carbons (Fsp3) is 0.222. The first-order valence-electron chi connectivity index (χ1n) is 7.60. The van der Waals surface area contributed by atoms with E-state index in [4.69, 9.17) is 15.2 Å². The number of benzene rings is 2.